The third-order valence-corrected chi connectivity index (χ3v) is 4.25. The lowest BCUT2D eigenvalue weighted by atomic mass is 10.0. The van der Waals surface area contributed by atoms with Crippen LogP contribution in [0.5, 0.6) is 5.75 Å². The third kappa shape index (κ3) is 4.05. The summed E-state index contributed by atoms with van der Waals surface area (Å²) in [5.74, 6) is 0.545. The van der Waals surface area contributed by atoms with Crippen molar-refractivity contribution >= 4 is 11.7 Å². The maximum Gasteiger partial charge on any atom is 0.340 e. The van der Waals surface area contributed by atoms with E-state index in [2.05, 4.69) is 20.8 Å². The van der Waals surface area contributed by atoms with Crippen molar-refractivity contribution in [2.45, 2.75) is 25.9 Å². The first kappa shape index (κ1) is 17.2. The van der Waals surface area contributed by atoms with E-state index in [-0.39, 0.29) is 17.9 Å². The van der Waals surface area contributed by atoms with Crippen LogP contribution in [0, 0.1) is 5.92 Å². The van der Waals surface area contributed by atoms with Gasteiger partial charge in [-0.15, -0.1) is 5.10 Å². The molecule has 2 aromatic rings. The summed E-state index contributed by atoms with van der Waals surface area (Å²) in [7, 11) is 1.30. The van der Waals surface area contributed by atoms with Crippen molar-refractivity contribution in [2.75, 3.05) is 25.6 Å². The van der Waals surface area contributed by atoms with E-state index in [9.17, 15) is 9.90 Å². The van der Waals surface area contributed by atoms with E-state index < -0.39 is 5.97 Å². The lowest BCUT2D eigenvalue weighted by molar-refractivity contribution is 0.0596. The molecule has 0 aliphatic carbocycles. The number of carbonyl (C=O) groups excluding carboxylic acids is 1. The molecular formula is C16H21N5O4. The molecular weight excluding hydrogens is 326 g/mol. The number of nitrogens with zero attached hydrogens (tertiary/aromatic N) is 4. The van der Waals surface area contributed by atoms with Crippen molar-refractivity contribution in [3.63, 3.8) is 0 Å². The number of tetrazole rings is 1. The number of phenols is 1. The van der Waals surface area contributed by atoms with E-state index in [0.717, 1.165) is 32.6 Å². The Kier molecular flexibility index (Phi) is 5.44. The number of aromatic hydroxyl groups is 1. The SMILES string of the molecule is COC(=O)c1cccc(O)c1NCc1nnnn1CC1CCOCC1. The molecule has 1 saturated heterocycles. The second-order valence-electron chi connectivity index (χ2n) is 5.88. The van der Waals surface area contributed by atoms with Crippen molar-refractivity contribution in [2.24, 2.45) is 5.92 Å². The van der Waals surface area contributed by atoms with Gasteiger partial charge in [0.25, 0.3) is 0 Å². The molecule has 1 aliphatic heterocycles. The summed E-state index contributed by atoms with van der Waals surface area (Å²) in [6.07, 6.45) is 1.97. The van der Waals surface area contributed by atoms with Gasteiger partial charge < -0.3 is 19.9 Å². The highest BCUT2D eigenvalue weighted by Crippen LogP contribution is 2.28. The number of aromatic nitrogens is 4. The highest BCUT2D eigenvalue weighted by Gasteiger charge is 2.19. The number of hydrogen-bond acceptors (Lipinski definition) is 8. The molecule has 1 aliphatic rings. The zero-order chi connectivity index (χ0) is 17.6. The van der Waals surface area contributed by atoms with Crippen molar-refractivity contribution in [3.8, 4) is 5.75 Å². The topological polar surface area (TPSA) is 111 Å². The quantitative estimate of drug-likeness (QED) is 0.592. The number of anilines is 1. The van der Waals surface area contributed by atoms with Gasteiger partial charge in [0.1, 0.15) is 5.75 Å². The Balaban J connectivity index is 1.70. The summed E-state index contributed by atoms with van der Waals surface area (Å²) in [6.45, 7) is 2.53. The van der Waals surface area contributed by atoms with Gasteiger partial charge >= 0.3 is 5.97 Å². The first-order chi connectivity index (χ1) is 12.2. The Hall–Kier alpha value is -2.68. The van der Waals surface area contributed by atoms with Gasteiger partial charge in [-0.05, 0) is 41.3 Å². The van der Waals surface area contributed by atoms with E-state index in [1.54, 1.807) is 16.8 Å². The second kappa shape index (κ2) is 7.93. The predicted molar refractivity (Wildman–Crippen MR) is 88.1 cm³/mol. The van der Waals surface area contributed by atoms with Crippen LogP contribution in [0.2, 0.25) is 0 Å². The first-order valence-electron chi connectivity index (χ1n) is 8.16. The van der Waals surface area contributed by atoms with Gasteiger partial charge in [0.05, 0.1) is 24.9 Å². The number of benzene rings is 1. The zero-order valence-electron chi connectivity index (χ0n) is 14.0. The van der Waals surface area contributed by atoms with Crippen molar-refractivity contribution in [1.29, 1.82) is 0 Å². The maximum absolute atomic E-state index is 11.8. The van der Waals surface area contributed by atoms with Gasteiger partial charge in [0.15, 0.2) is 5.82 Å². The molecule has 2 heterocycles. The van der Waals surface area contributed by atoms with Crippen LogP contribution in [0.3, 0.4) is 0 Å². The molecule has 3 rings (SSSR count). The average Bonchev–Trinajstić information content (AvgIpc) is 3.07. The van der Waals surface area contributed by atoms with E-state index >= 15 is 0 Å². The molecule has 9 nitrogen and oxygen atoms in total. The number of hydrogen-bond donors (Lipinski definition) is 2. The molecule has 134 valence electrons. The molecule has 25 heavy (non-hydrogen) atoms. The summed E-state index contributed by atoms with van der Waals surface area (Å²) >= 11 is 0. The van der Waals surface area contributed by atoms with Crippen LogP contribution >= 0.6 is 0 Å². The summed E-state index contributed by atoms with van der Waals surface area (Å²) < 4.78 is 11.9. The summed E-state index contributed by atoms with van der Waals surface area (Å²) in [5.41, 5.74) is 0.556. The van der Waals surface area contributed by atoms with Crippen molar-refractivity contribution in [1.82, 2.24) is 20.2 Å². The standard InChI is InChI=1S/C16H21N5O4/c1-24-16(23)12-3-2-4-13(22)15(12)17-9-14-18-19-20-21(14)10-11-5-7-25-8-6-11/h2-4,11,17,22H,5-10H2,1H3. The Morgan fingerprint density at radius 3 is 3.00 bits per heavy atom. The van der Waals surface area contributed by atoms with Crippen LogP contribution in [-0.4, -0.2) is 51.6 Å². The lowest BCUT2D eigenvalue weighted by Gasteiger charge is -2.22. The number of carbonyl (C=O) groups is 1. The molecule has 1 fully saturated rings. The summed E-state index contributed by atoms with van der Waals surface area (Å²) in [6, 6.07) is 4.67. The van der Waals surface area contributed by atoms with Crippen LogP contribution in [0.25, 0.3) is 0 Å². The fraction of sp³-hybridized carbons (Fsp3) is 0.500. The third-order valence-electron chi connectivity index (χ3n) is 4.25. The number of rotatable bonds is 6. The van der Waals surface area contributed by atoms with Crippen molar-refractivity contribution in [3.05, 3.63) is 29.6 Å². The van der Waals surface area contributed by atoms with Gasteiger partial charge in [0, 0.05) is 19.8 Å². The first-order valence-corrected chi connectivity index (χ1v) is 8.16. The van der Waals surface area contributed by atoms with Gasteiger partial charge in [-0.1, -0.05) is 6.07 Å². The predicted octanol–water partition coefficient (Wildman–Crippen LogP) is 1.20. The molecule has 0 atom stereocenters. The molecule has 0 spiro atoms. The van der Waals surface area contributed by atoms with Crippen LogP contribution in [-0.2, 0) is 22.6 Å². The largest absolute Gasteiger partial charge is 0.506 e. The van der Waals surface area contributed by atoms with Gasteiger partial charge in [-0.2, -0.15) is 0 Å². The molecule has 2 N–H and O–H groups in total. The molecule has 0 unspecified atom stereocenters. The van der Waals surface area contributed by atoms with Crippen LogP contribution in [0.4, 0.5) is 5.69 Å². The number of para-hydroxylation sites is 1. The summed E-state index contributed by atoms with van der Waals surface area (Å²) in [5, 5.41) is 24.9. The molecule has 0 bridgehead atoms. The Morgan fingerprint density at radius 1 is 1.44 bits per heavy atom. The van der Waals surface area contributed by atoms with E-state index in [0.29, 0.717) is 17.4 Å². The fourth-order valence-electron chi connectivity index (χ4n) is 2.84. The molecule has 9 heteroatoms. The van der Waals surface area contributed by atoms with Crippen LogP contribution < -0.4 is 5.32 Å². The smallest absolute Gasteiger partial charge is 0.340 e. The molecule has 0 saturated carbocycles. The molecule has 1 aromatic carbocycles. The van der Waals surface area contributed by atoms with Gasteiger partial charge in [-0.3, -0.25) is 0 Å². The number of ether oxygens (including phenoxy) is 2. The molecule has 0 amide bonds. The fourth-order valence-corrected chi connectivity index (χ4v) is 2.84. The Bertz CT molecular complexity index is 727. The van der Waals surface area contributed by atoms with E-state index in [1.165, 1.54) is 13.2 Å². The lowest BCUT2D eigenvalue weighted by Crippen LogP contribution is -2.22. The minimum absolute atomic E-state index is 0.0358. The highest BCUT2D eigenvalue weighted by molar-refractivity contribution is 5.97. The minimum Gasteiger partial charge on any atom is -0.506 e. The van der Waals surface area contributed by atoms with E-state index in [4.69, 9.17) is 9.47 Å². The zero-order valence-corrected chi connectivity index (χ0v) is 14.0. The minimum atomic E-state index is -0.528. The normalized spacial score (nSPS) is 15.1. The summed E-state index contributed by atoms with van der Waals surface area (Å²) in [4.78, 5) is 11.8. The number of esters is 1. The van der Waals surface area contributed by atoms with Gasteiger partial charge in [-0.25, -0.2) is 9.48 Å². The van der Waals surface area contributed by atoms with Crippen LogP contribution in [0.15, 0.2) is 18.2 Å². The maximum atomic E-state index is 11.8. The van der Waals surface area contributed by atoms with Crippen LogP contribution in [0.1, 0.15) is 29.0 Å². The van der Waals surface area contributed by atoms with Gasteiger partial charge in [0.2, 0.25) is 0 Å². The molecule has 1 aromatic heterocycles. The average molecular weight is 347 g/mol. The molecule has 0 radical (unpaired) electrons. The van der Waals surface area contributed by atoms with Crippen molar-refractivity contribution < 1.29 is 19.4 Å². The monoisotopic (exact) mass is 347 g/mol. The Labute approximate surface area is 144 Å². The number of phenolic OH excluding ortho intramolecular Hbond substituents is 1. The highest BCUT2D eigenvalue weighted by atomic mass is 16.5. The number of methoxy groups -OCH3 is 1. The Morgan fingerprint density at radius 2 is 2.24 bits per heavy atom. The second-order valence-corrected chi connectivity index (χ2v) is 5.88. The number of nitrogens with one attached hydrogen (secondary N) is 1. The van der Waals surface area contributed by atoms with E-state index in [1.807, 2.05) is 0 Å².